The van der Waals surface area contributed by atoms with Gasteiger partial charge in [0.1, 0.15) is 6.10 Å². The Hall–Kier alpha value is -1.39. The molecule has 0 aromatic carbocycles. The van der Waals surface area contributed by atoms with Gasteiger partial charge in [0.15, 0.2) is 0 Å². The lowest BCUT2D eigenvalue weighted by Gasteiger charge is -2.08. The van der Waals surface area contributed by atoms with Crippen molar-refractivity contribution in [2.75, 3.05) is 7.11 Å². The first-order valence-electron chi connectivity index (χ1n) is 4.52. The summed E-state index contributed by atoms with van der Waals surface area (Å²) < 4.78 is 4.95. The van der Waals surface area contributed by atoms with Crippen LogP contribution in [0.25, 0.3) is 0 Å². The van der Waals surface area contributed by atoms with Gasteiger partial charge < -0.3 is 9.84 Å². The number of hydrogen-bond donors (Lipinski definition) is 1. The average Bonchev–Trinajstić information content (AvgIpc) is 2.82. The molecule has 78 valence electrons. The van der Waals surface area contributed by atoms with Gasteiger partial charge in [-0.25, -0.2) is 4.98 Å². The van der Waals surface area contributed by atoms with Crippen LogP contribution in [-0.4, -0.2) is 17.2 Å². The van der Waals surface area contributed by atoms with E-state index in [1.165, 1.54) is 11.3 Å². The predicted octanol–water partition coefficient (Wildman–Crippen LogP) is 2.23. The fourth-order valence-corrected chi connectivity index (χ4v) is 2.02. The molecule has 2 aromatic rings. The summed E-state index contributed by atoms with van der Waals surface area (Å²) in [5.74, 6) is 0.553. The fourth-order valence-electron chi connectivity index (χ4n) is 1.29. The van der Waals surface area contributed by atoms with Crippen LogP contribution in [0.5, 0.6) is 5.88 Å². The second-order valence-electron chi connectivity index (χ2n) is 3.05. The van der Waals surface area contributed by atoms with Crippen LogP contribution >= 0.6 is 11.3 Å². The molecule has 0 bridgehead atoms. The first-order chi connectivity index (χ1) is 7.31. The van der Waals surface area contributed by atoms with Gasteiger partial charge in [0.2, 0.25) is 5.88 Å². The summed E-state index contributed by atoms with van der Waals surface area (Å²) in [4.78, 5) is 4.97. The van der Waals surface area contributed by atoms with Crippen molar-refractivity contribution < 1.29 is 9.84 Å². The molecule has 0 saturated carbocycles. The highest BCUT2D eigenvalue weighted by Crippen LogP contribution is 2.25. The molecule has 0 radical (unpaired) electrons. The predicted molar refractivity (Wildman–Crippen MR) is 59.2 cm³/mol. The number of methoxy groups -OCH3 is 1. The summed E-state index contributed by atoms with van der Waals surface area (Å²) in [6, 6.07) is 7.38. The van der Waals surface area contributed by atoms with E-state index in [1.54, 1.807) is 19.4 Å². The number of hydrogen-bond acceptors (Lipinski definition) is 4. The molecule has 1 unspecified atom stereocenters. The third-order valence-electron chi connectivity index (χ3n) is 2.10. The van der Waals surface area contributed by atoms with Crippen LogP contribution < -0.4 is 4.74 Å². The van der Waals surface area contributed by atoms with Gasteiger partial charge in [-0.2, -0.15) is 0 Å². The van der Waals surface area contributed by atoms with E-state index >= 15 is 0 Å². The first kappa shape index (κ1) is 10.1. The highest BCUT2D eigenvalue weighted by molar-refractivity contribution is 7.10. The molecule has 0 fully saturated rings. The van der Waals surface area contributed by atoms with Crippen molar-refractivity contribution in [1.82, 2.24) is 4.98 Å². The summed E-state index contributed by atoms with van der Waals surface area (Å²) in [6.07, 6.45) is 1.03. The van der Waals surface area contributed by atoms with Gasteiger partial charge in [0.25, 0.3) is 0 Å². The zero-order chi connectivity index (χ0) is 10.7. The standard InChI is InChI=1S/C11H11NO2S/c1-14-10-5-4-8(7-12-10)11(13)9-3-2-6-15-9/h2-7,11,13H,1H3. The Morgan fingerprint density at radius 2 is 2.27 bits per heavy atom. The summed E-state index contributed by atoms with van der Waals surface area (Å²) in [7, 11) is 1.57. The Morgan fingerprint density at radius 3 is 2.80 bits per heavy atom. The zero-order valence-corrected chi connectivity index (χ0v) is 9.07. The number of thiophene rings is 1. The molecule has 2 rings (SSSR count). The zero-order valence-electron chi connectivity index (χ0n) is 8.25. The Bertz CT molecular complexity index is 411. The third-order valence-corrected chi connectivity index (χ3v) is 3.02. The Balaban J connectivity index is 2.22. The van der Waals surface area contributed by atoms with Gasteiger partial charge in [0, 0.05) is 22.7 Å². The van der Waals surface area contributed by atoms with E-state index in [9.17, 15) is 5.11 Å². The number of aliphatic hydroxyl groups excluding tert-OH is 1. The molecule has 15 heavy (non-hydrogen) atoms. The van der Waals surface area contributed by atoms with Crippen molar-refractivity contribution in [2.24, 2.45) is 0 Å². The second-order valence-corrected chi connectivity index (χ2v) is 4.03. The SMILES string of the molecule is COc1ccc(C(O)c2cccs2)cn1. The van der Waals surface area contributed by atoms with Crippen molar-refractivity contribution >= 4 is 11.3 Å². The van der Waals surface area contributed by atoms with Crippen molar-refractivity contribution in [1.29, 1.82) is 0 Å². The summed E-state index contributed by atoms with van der Waals surface area (Å²) in [6.45, 7) is 0. The van der Waals surface area contributed by atoms with Crippen LogP contribution in [0, 0.1) is 0 Å². The van der Waals surface area contributed by atoms with Crippen LogP contribution in [0.1, 0.15) is 16.5 Å². The smallest absolute Gasteiger partial charge is 0.212 e. The third kappa shape index (κ3) is 2.16. The molecular formula is C11H11NO2S. The van der Waals surface area contributed by atoms with Gasteiger partial charge in [0.05, 0.1) is 7.11 Å². The monoisotopic (exact) mass is 221 g/mol. The number of aromatic nitrogens is 1. The molecule has 0 aliphatic rings. The van der Waals surface area contributed by atoms with Crippen molar-refractivity contribution in [3.8, 4) is 5.88 Å². The van der Waals surface area contributed by atoms with Gasteiger partial charge in [-0.15, -0.1) is 11.3 Å². The second kappa shape index (κ2) is 4.42. The van der Waals surface area contributed by atoms with E-state index in [0.29, 0.717) is 5.88 Å². The molecule has 3 nitrogen and oxygen atoms in total. The van der Waals surface area contributed by atoms with E-state index in [1.807, 2.05) is 23.6 Å². The largest absolute Gasteiger partial charge is 0.481 e. The number of ether oxygens (including phenoxy) is 1. The summed E-state index contributed by atoms with van der Waals surface area (Å²) in [5, 5.41) is 11.9. The first-order valence-corrected chi connectivity index (χ1v) is 5.40. The van der Waals surface area contributed by atoms with Gasteiger partial charge in [-0.3, -0.25) is 0 Å². The number of rotatable bonds is 3. The Morgan fingerprint density at radius 1 is 1.40 bits per heavy atom. The maximum Gasteiger partial charge on any atom is 0.212 e. The van der Waals surface area contributed by atoms with Crippen molar-refractivity contribution in [3.05, 3.63) is 46.3 Å². The number of nitrogens with zero attached hydrogens (tertiary/aromatic N) is 1. The van der Waals surface area contributed by atoms with Crippen LogP contribution in [0.2, 0.25) is 0 Å². The lowest BCUT2D eigenvalue weighted by Crippen LogP contribution is -1.98. The molecule has 0 aliphatic heterocycles. The normalized spacial score (nSPS) is 12.4. The average molecular weight is 221 g/mol. The summed E-state index contributed by atoms with van der Waals surface area (Å²) >= 11 is 1.53. The molecule has 1 atom stereocenters. The van der Waals surface area contributed by atoms with E-state index in [0.717, 1.165) is 10.4 Å². The van der Waals surface area contributed by atoms with E-state index in [-0.39, 0.29) is 0 Å². The minimum Gasteiger partial charge on any atom is -0.481 e. The van der Waals surface area contributed by atoms with E-state index in [4.69, 9.17) is 4.74 Å². The van der Waals surface area contributed by atoms with E-state index < -0.39 is 6.10 Å². The molecule has 0 aliphatic carbocycles. The molecule has 2 heterocycles. The lowest BCUT2D eigenvalue weighted by atomic mass is 10.1. The van der Waals surface area contributed by atoms with Gasteiger partial charge in [-0.1, -0.05) is 6.07 Å². The minimum atomic E-state index is -0.594. The lowest BCUT2D eigenvalue weighted by molar-refractivity contribution is 0.223. The Labute approximate surface area is 92.0 Å². The van der Waals surface area contributed by atoms with Gasteiger partial charge in [-0.05, 0) is 17.5 Å². The number of aliphatic hydroxyl groups is 1. The fraction of sp³-hybridized carbons (Fsp3) is 0.182. The van der Waals surface area contributed by atoms with Crippen molar-refractivity contribution in [2.45, 2.75) is 6.10 Å². The molecule has 2 aromatic heterocycles. The molecule has 0 amide bonds. The molecule has 4 heteroatoms. The highest BCUT2D eigenvalue weighted by Gasteiger charge is 2.11. The Kier molecular flexibility index (Phi) is 2.99. The summed E-state index contributed by atoms with van der Waals surface area (Å²) in [5.41, 5.74) is 0.776. The quantitative estimate of drug-likeness (QED) is 0.864. The molecule has 0 saturated heterocycles. The topological polar surface area (TPSA) is 42.4 Å². The molecular weight excluding hydrogens is 210 g/mol. The van der Waals surface area contributed by atoms with Crippen LogP contribution in [0.15, 0.2) is 35.8 Å². The molecule has 0 spiro atoms. The molecule has 1 N–H and O–H groups in total. The van der Waals surface area contributed by atoms with E-state index in [2.05, 4.69) is 4.98 Å². The number of pyridine rings is 1. The van der Waals surface area contributed by atoms with Crippen molar-refractivity contribution in [3.63, 3.8) is 0 Å². The van der Waals surface area contributed by atoms with Crippen LogP contribution in [0.3, 0.4) is 0 Å². The van der Waals surface area contributed by atoms with Gasteiger partial charge >= 0.3 is 0 Å². The minimum absolute atomic E-state index is 0.553. The van der Waals surface area contributed by atoms with Crippen LogP contribution in [-0.2, 0) is 0 Å². The maximum absolute atomic E-state index is 9.97. The van der Waals surface area contributed by atoms with Crippen LogP contribution in [0.4, 0.5) is 0 Å². The maximum atomic E-state index is 9.97. The highest BCUT2D eigenvalue weighted by atomic mass is 32.1.